The molecule has 35 heavy (non-hydrogen) atoms. The Morgan fingerprint density at radius 1 is 0.943 bits per heavy atom. The van der Waals surface area contributed by atoms with Gasteiger partial charge >= 0.3 is 12.1 Å². The fourth-order valence-electron chi connectivity index (χ4n) is 5.08. The van der Waals surface area contributed by atoms with Crippen LogP contribution in [0.1, 0.15) is 42.7 Å². The standard InChI is InChI=1S/C27H32N2O6/c1-34-24(25(30)28-14-17-10-12-18(13-11-17)26(31)32)15-29-27(33)35-16-23-21-8-4-2-6-19(21)20-7-3-5-9-22(20)23/h2-9,17-18,23-24H,10-16H2,1H3,(H,28,30)(H,29,33)(H,31,32). The van der Waals surface area contributed by atoms with Crippen LogP contribution in [0.15, 0.2) is 48.5 Å². The van der Waals surface area contributed by atoms with E-state index in [1.165, 1.54) is 7.11 Å². The van der Waals surface area contributed by atoms with Crippen LogP contribution in [-0.4, -0.2) is 56.0 Å². The summed E-state index contributed by atoms with van der Waals surface area (Å²) in [5.74, 6) is -1.12. The lowest BCUT2D eigenvalue weighted by molar-refractivity contribution is -0.143. The predicted molar refractivity (Wildman–Crippen MR) is 130 cm³/mol. The van der Waals surface area contributed by atoms with Crippen molar-refractivity contribution in [3.05, 3.63) is 59.7 Å². The second-order valence-corrected chi connectivity index (χ2v) is 9.23. The Hall–Kier alpha value is -3.39. The molecule has 2 aliphatic rings. The third-order valence-electron chi connectivity index (χ3n) is 7.11. The van der Waals surface area contributed by atoms with Crippen molar-refractivity contribution in [2.24, 2.45) is 11.8 Å². The minimum absolute atomic E-state index is 0.00916. The average Bonchev–Trinajstić information content (AvgIpc) is 3.20. The summed E-state index contributed by atoms with van der Waals surface area (Å²) in [6.07, 6.45) is 1.36. The molecular formula is C27H32N2O6. The van der Waals surface area contributed by atoms with Crippen molar-refractivity contribution < 1.29 is 29.0 Å². The maximum absolute atomic E-state index is 12.5. The number of aliphatic carboxylic acids is 1. The molecule has 1 unspecified atom stereocenters. The third kappa shape index (κ3) is 5.82. The Labute approximate surface area is 205 Å². The number of carbonyl (C=O) groups excluding carboxylic acids is 2. The number of rotatable bonds is 9. The summed E-state index contributed by atoms with van der Waals surface area (Å²) in [5.41, 5.74) is 4.58. The number of ether oxygens (including phenoxy) is 2. The lowest BCUT2D eigenvalue weighted by Gasteiger charge is -2.26. The van der Waals surface area contributed by atoms with Gasteiger partial charge in [-0.3, -0.25) is 9.59 Å². The van der Waals surface area contributed by atoms with Gasteiger partial charge in [0.2, 0.25) is 0 Å². The molecule has 2 aromatic rings. The van der Waals surface area contributed by atoms with Gasteiger partial charge in [-0.05, 0) is 53.9 Å². The van der Waals surface area contributed by atoms with E-state index in [0.29, 0.717) is 19.4 Å². The summed E-state index contributed by atoms with van der Waals surface area (Å²) in [6.45, 7) is 0.656. The lowest BCUT2D eigenvalue weighted by atomic mass is 9.82. The SMILES string of the molecule is COC(CNC(=O)OCC1c2ccccc2-c2ccccc21)C(=O)NCC1CCC(C(=O)O)CC1. The van der Waals surface area contributed by atoms with E-state index in [9.17, 15) is 14.4 Å². The maximum atomic E-state index is 12.5. The first kappa shape index (κ1) is 24.7. The van der Waals surface area contributed by atoms with Crippen molar-refractivity contribution in [2.75, 3.05) is 26.8 Å². The van der Waals surface area contributed by atoms with E-state index in [-0.39, 0.29) is 36.8 Å². The van der Waals surface area contributed by atoms with Crippen LogP contribution < -0.4 is 10.6 Å². The summed E-state index contributed by atoms with van der Waals surface area (Å²) in [5, 5.41) is 14.6. The molecule has 0 radical (unpaired) electrons. The van der Waals surface area contributed by atoms with Gasteiger partial charge in [0, 0.05) is 19.6 Å². The van der Waals surface area contributed by atoms with Gasteiger partial charge < -0.3 is 25.2 Å². The number of hydrogen-bond donors (Lipinski definition) is 3. The zero-order valence-corrected chi connectivity index (χ0v) is 19.9. The van der Waals surface area contributed by atoms with E-state index >= 15 is 0 Å². The third-order valence-corrected chi connectivity index (χ3v) is 7.11. The number of hydrogen-bond acceptors (Lipinski definition) is 5. The zero-order valence-electron chi connectivity index (χ0n) is 19.9. The number of fused-ring (bicyclic) bond motifs is 3. The molecule has 186 valence electrons. The molecule has 0 heterocycles. The van der Waals surface area contributed by atoms with Crippen LogP contribution in [0.25, 0.3) is 11.1 Å². The molecule has 8 heteroatoms. The highest BCUT2D eigenvalue weighted by Gasteiger charge is 2.30. The minimum Gasteiger partial charge on any atom is -0.481 e. The molecule has 1 fully saturated rings. The first-order valence-electron chi connectivity index (χ1n) is 12.1. The van der Waals surface area contributed by atoms with Crippen LogP contribution in [0.5, 0.6) is 0 Å². The Bertz CT molecular complexity index is 1020. The Morgan fingerprint density at radius 2 is 1.54 bits per heavy atom. The molecule has 0 saturated heterocycles. The second-order valence-electron chi connectivity index (χ2n) is 9.23. The number of benzene rings is 2. The van der Waals surface area contributed by atoms with Crippen LogP contribution in [0.4, 0.5) is 4.79 Å². The van der Waals surface area contributed by atoms with Gasteiger partial charge in [0.25, 0.3) is 5.91 Å². The first-order valence-corrected chi connectivity index (χ1v) is 12.1. The van der Waals surface area contributed by atoms with Gasteiger partial charge in [0.1, 0.15) is 6.61 Å². The molecule has 0 aliphatic heterocycles. The summed E-state index contributed by atoms with van der Waals surface area (Å²) >= 11 is 0. The van der Waals surface area contributed by atoms with Crippen LogP contribution in [0.2, 0.25) is 0 Å². The van der Waals surface area contributed by atoms with Gasteiger partial charge in [-0.1, -0.05) is 48.5 Å². The topological polar surface area (TPSA) is 114 Å². The van der Waals surface area contributed by atoms with E-state index in [1.807, 2.05) is 24.3 Å². The van der Waals surface area contributed by atoms with Crippen molar-refractivity contribution in [1.29, 1.82) is 0 Å². The van der Waals surface area contributed by atoms with Crippen molar-refractivity contribution in [3.63, 3.8) is 0 Å². The van der Waals surface area contributed by atoms with Crippen molar-refractivity contribution in [3.8, 4) is 11.1 Å². The number of carboxylic acid groups (broad SMARTS) is 1. The maximum Gasteiger partial charge on any atom is 0.407 e. The summed E-state index contributed by atoms with van der Waals surface area (Å²) in [4.78, 5) is 36.0. The van der Waals surface area contributed by atoms with Gasteiger partial charge in [-0.15, -0.1) is 0 Å². The summed E-state index contributed by atoms with van der Waals surface area (Å²) in [6, 6.07) is 16.2. The first-order chi connectivity index (χ1) is 17.0. The minimum atomic E-state index is -0.842. The highest BCUT2D eigenvalue weighted by Crippen LogP contribution is 2.44. The van der Waals surface area contributed by atoms with Crippen molar-refractivity contribution >= 4 is 18.0 Å². The van der Waals surface area contributed by atoms with Crippen molar-refractivity contribution in [1.82, 2.24) is 10.6 Å². The van der Waals surface area contributed by atoms with Crippen LogP contribution in [-0.2, 0) is 19.1 Å². The quantitative estimate of drug-likeness (QED) is 0.506. The summed E-state index contributed by atoms with van der Waals surface area (Å²) in [7, 11) is 1.42. The monoisotopic (exact) mass is 480 g/mol. The number of nitrogens with one attached hydrogen (secondary N) is 2. The average molecular weight is 481 g/mol. The summed E-state index contributed by atoms with van der Waals surface area (Å²) < 4.78 is 10.8. The fraction of sp³-hybridized carbons (Fsp3) is 0.444. The molecule has 0 spiro atoms. The van der Waals surface area contributed by atoms with Gasteiger partial charge in [-0.2, -0.15) is 0 Å². The van der Waals surface area contributed by atoms with Crippen LogP contribution in [0, 0.1) is 11.8 Å². The molecule has 8 nitrogen and oxygen atoms in total. The Morgan fingerprint density at radius 3 is 2.11 bits per heavy atom. The van der Waals surface area contributed by atoms with E-state index in [4.69, 9.17) is 14.6 Å². The number of carbonyl (C=O) groups is 3. The van der Waals surface area contributed by atoms with Crippen LogP contribution in [0.3, 0.4) is 0 Å². The van der Waals surface area contributed by atoms with Gasteiger partial charge in [0.05, 0.1) is 12.5 Å². The van der Waals surface area contributed by atoms with Gasteiger partial charge in [0.15, 0.2) is 6.10 Å². The molecule has 0 aromatic heterocycles. The van der Waals surface area contributed by atoms with E-state index in [1.54, 1.807) is 0 Å². The molecular weight excluding hydrogens is 448 g/mol. The van der Waals surface area contributed by atoms with E-state index in [0.717, 1.165) is 35.1 Å². The number of carboxylic acids is 1. The van der Waals surface area contributed by atoms with Crippen molar-refractivity contribution in [2.45, 2.75) is 37.7 Å². The normalized spacial score (nSPS) is 19.8. The molecule has 0 bridgehead atoms. The zero-order chi connectivity index (χ0) is 24.8. The molecule has 3 N–H and O–H groups in total. The predicted octanol–water partition coefficient (Wildman–Crippen LogP) is 3.55. The van der Waals surface area contributed by atoms with Gasteiger partial charge in [-0.25, -0.2) is 4.79 Å². The molecule has 1 saturated carbocycles. The smallest absolute Gasteiger partial charge is 0.407 e. The molecule has 2 aliphatic carbocycles. The van der Waals surface area contributed by atoms with Crippen LogP contribution >= 0.6 is 0 Å². The second kappa shape index (κ2) is 11.4. The number of alkyl carbamates (subject to hydrolysis) is 1. The molecule has 1 atom stereocenters. The number of methoxy groups -OCH3 is 1. The fourth-order valence-corrected chi connectivity index (χ4v) is 5.08. The lowest BCUT2D eigenvalue weighted by Crippen LogP contribution is -2.45. The molecule has 2 amide bonds. The Kier molecular flexibility index (Phi) is 8.02. The molecule has 4 rings (SSSR count). The van der Waals surface area contributed by atoms with E-state index < -0.39 is 18.2 Å². The highest BCUT2D eigenvalue weighted by molar-refractivity contribution is 5.82. The van der Waals surface area contributed by atoms with E-state index in [2.05, 4.69) is 34.9 Å². The number of amides is 2. The molecule has 2 aromatic carbocycles. The largest absolute Gasteiger partial charge is 0.481 e. The Balaban J connectivity index is 1.22. The highest BCUT2D eigenvalue weighted by atomic mass is 16.5.